The molecule has 1 saturated heterocycles. The predicted octanol–water partition coefficient (Wildman–Crippen LogP) is 4.05. The van der Waals surface area contributed by atoms with Crippen molar-refractivity contribution in [3.05, 3.63) is 17.8 Å². The van der Waals surface area contributed by atoms with Crippen LogP contribution in [0.4, 0.5) is 18.0 Å². The van der Waals surface area contributed by atoms with E-state index >= 15 is 0 Å². The van der Waals surface area contributed by atoms with Gasteiger partial charge in [-0.1, -0.05) is 0 Å². The minimum absolute atomic E-state index is 0.0170. The van der Waals surface area contributed by atoms with Crippen LogP contribution in [0.3, 0.4) is 0 Å². The first-order chi connectivity index (χ1) is 15.8. The first-order valence-corrected chi connectivity index (χ1v) is 13.2. The summed E-state index contributed by atoms with van der Waals surface area (Å²) in [5.41, 5.74) is 0.524. The summed E-state index contributed by atoms with van der Waals surface area (Å²) in [4.78, 5) is 17.4. The number of aryl methyl sites for hydroxylation is 1. The van der Waals surface area contributed by atoms with Gasteiger partial charge < -0.3 is 19.1 Å². The van der Waals surface area contributed by atoms with Crippen molar-refractivity contribution in [1.29, 1.82) is 0 Å². The lowest BCUT2D eigenvalue weighted by Gasteiger charge is -2.36. The Hall–Kier alpha value is -2.08. The lowest BCUT2D eigenvalue weighted by atomic mass is 9.94. The van der Waals surface area contributed by atoms with E-state index < -0.39 is 28.2 Å². The quantitative estimate of drug-likeness (QED) is 0.572. The standard InChI is InChI=1S/C22H31F3N2O6S/c1-14-19(8-9-20(26-14)34(3,29)30)33-17-6-4-16(5-7-17)32-18-10-12-27(13-11-18)21(28)31-15(2)22(23,24)25/h8-9,15-18H,4-7,10-13H2,1-3H3/t15-,16?,17?/m1/s1. The molecule has 34 heavy (non-hydrogen) atoms. The summed E-state index contributed by atoms with van der Waals surface area (Å²) in [5.74, 6) is 0.566. The smallest absolute Gasteiger partial charge is 0.425 e. The first kappa shape index (κ1) is 26.5. The van der Waals surface area contributed by atoms with Crippen molar-refractivity contribution in [2.75, 3.05) is 19.3 Å². The van der Waals surface area contributed by atoms with Crippen LogP contribution in [0.5, 0.6) is 5.75 Å². The molecule has 1 atom stereocenters. The van der Waals surface area contributed by atoms with E-state index in [0.29, 0.717) is 37.4 Å². The monoisotopic (exact) mass is 508 g/mol. The van der Waals surface area contributed by atoms with Gasteiger partial charge in [0.2, 0.25) is 0 Å². The second-order valence-electron chi connectivity index (χ2n) is 8.91. The number of carbonyl (C=O) groups is 1. The topological polar surface area (TPSA) is 95.0 Å². The number of piperidine rings is 1. The summed E-state index contributed by atoms with van der Waals surface area (Å²) in [5, 5.41) is 0.0173. The second-order valence-corrected chi connectivity index (χ2v) is 10.9. The Kier molecular flexibility index (Phi) is 8.33. The Morgan fingerprint density at radius 3 is 2.15 bits per heavy atom. The number of alkyl halides is 3. The molecule has 3 rings (SSSR count). The number of amides is 1. The minimum atomic E-state index is -4.57. The van der Waals surface area contributed by atoms with Gasteiger partial charge in [0, 0.05) is 19.3 Å². The van der Waals surface area contributed by atoms with Crippen LogP contribution in [0.15, 0.2) is 17.2 Å². The Balaban J connectivity index is 1.40. The van der Waals surface area contributed by atoms with Crippen molar-refractivity contribution in [1.82, 2.24) is 9.88 Å². The van der Waals surface area contributed by atoms with Gasteiger partial charge in [0.25, 0.3) is 0 Å². The van der Waals surface area contributed by atoms with Crippen molar-refractivity contribution in [2.45, 2.75) is 88.0 Å². The number of halogens is 3. The SMILES string of the molecule is Cc1nc(S(C)(=O)=O)ccc1OC1CCC(OC2CCN(C(=O)O[C@H](C)C(F)(F)F)CC2)CC1. The Bertz CT molecular complexity index is 956. The molecule has 0 unspecified atom stereocenters. The minimum Gasteiger partial charge on any atom is -0.489 e. The lowest BCUT2D eigenvalue weighted by molar-refractivity contribution is -0.200. The highest BCUT2D eigenvalue weighted by molar-refractivity contribution is 7.90. The summed E-state index contributed by atoms with van der Waals surface area (Å²) >= 11 is 0. The molecule has 1 saturated carbocycles. The molecular weight excluding hydrogens is 477 g/mol. The molecular formula is C22H31F3N2O6S. The lowest BCUT2D eigenvalue weighted by Crippen LogP contribution is -2.44. The molecule has 2 heterocycles. The number of aromatic nitrogens is 1. The summed E-state index contributed by atoms with van der Waals surface area (Å²) in [6.45, 7) is 3.12. The second kappa shape index (κ2) is 10.7. The van der Waals surface area contributed by atoms with Crippen LogP contribution >= 0.6 is 0 Å². The van der Waals surface area contributed by atoms with Gasteiger partial charge in [-0.05, 0) is 64.5 Å². The maximum atomic E-state index is 12.6. The van der Waals surface area contributed by atoms with Gasteiger partial charge in [-0.15, -0.1) is 0 Å². The summed E-state index contributed by atoms with van der Waals surface area (Å²) < 4.78 is 77.7. The fraction of sp³-hybridized carbons (Fsp3) is 0.727. The van der Waals surface area contributed by atoms with Crippen molar-refractivity contribution in [3.8, 4) is 5.75 Å². The maximum Gasteiger partial charge on any atom is 0.425 e. The van der Waals surface area contributed by atoms with Crippen LogP contribution in [-0.2, 0) is 19.3 Å². The Morgan fingerprint density at radius 1 is 1.06 bits per heavy atom. The Labute approximate surface area is 197 Å². The van der Waals surface area contributed by atoms with Gasteiger partial charge in [-0.2, -0.15) is 13.2 Å². The molecule has 1 amide bonds. The van der Waals surface area contributed by atoms with Gasteiger partial charge in [0.05, 0.1) is 24.0 Å². The molecule has 1 aliphatic heterocycles. The third-order valence-corrected chi connectivity index (χ3v) is 7.12. The maximum absolute atomic E-state index is 12.6. The predicted molar refractivity (Wildman–Crippen MR) is 116 cm³/mol. The van der Waals surface area contributed by atoms with Gasteiger partial charge in [-0.25, -0.2) is 18.2 Å². The van der Waals surface area contributed by atoms with Crippen molar-refractivity contribution < 1.29 is 40.6 Å². The van der Waals surface area contributed by atoms with E-state index in [1.165, 1.54) is 11.0 Å². The molecule has 0 N–H and O–H groups in total. The van der Waals surface area contributed by atoms with Gasteiger partial charge in [0.15, 0.2) is 21.0 Å². The number of hydrogen-bond donors (Lipinski definition) is 0. The van der Waals surface area contributed by atoms with E-state index in [9.17, 15) is 26.4 Å². The molecule has 1 aliphatic carbocycles. The van der Waals surface area contributed by atoms with Crippen LogP contribution in [-0.4, -0.2) is 74.3 Å². The molecule has 0 aromatic carbocycles. The van der Waals surface area contributed by atoms with Crippen LogP contribution in [0.2, 0.25) is 0 Å². The number of rotatable bonds is 6. The highest BCUT2D eigenvalue weighted by Gasteiger charge is 2.40. The molecule has 192 valence electrons. The van der Waals surface area contributed by atoms with Gasteiger partial charge in [-0.3, -0.25) is 0 Å². The number of ether oxygens (including phenoxy) is 3. The normalized spacial score (nSPS) is 23.4. The molecule has 2 aliphatic rings. The zero-order chi connectivity index (χ0) is 25.1. The Morgan fingerprint density at radius 2 is 1.62 bits per heavy atom. The first-order valence-electron chi connectivity index (χ1n) is 11.3. The summed E-state index contributed by atoms with van der Waals surface area (Å²) in [6.07, 6.45) is -2.33. The molecule has 12 heteroatoms. The third-order valence-electron chi connectivity index (χ3n) is 6.13. The summed E-state index contributed by atoms with van der Waals surface area (Å²) in [7, 11) is -3.37. The average molecular weight is 509 g/mol. The van der Waals surface area contributed by atoms with Crippen LogP contribution < -0.4 is 4.74 Å². The van der Waals surface area contributed by atoms with E-state index in [2.05, 4.69) is 9.72 Å². The molecule has 0 spiro atoms. The molecule has 0 bridgehead atoms. The highest BCUT2D eigenvalue weighted by Crippen LogP contribution is 2.30. The zero-order valence-electron chi connectivity index (χ0n) is 19.5. The average Bonchev–Trinajstić information content (AvgIpc) is 2.75. The number of hydrogen-bond acceptors (Lipinski definition) is 7. The molecule has 1 aromatic rings. The van der Waals surface area contributed by atoms with Crippen LogP contribution in [0, 0.1) is 6.92 Å². The number of likely N-dealkylation sites (tertiary alicyclic amines) is 1. The fourth-order valence-electron chi connectivity index (χ4n) is 4.06. The zero-order valence-corrected chi connectivity index (χ0v) is 20.3. The molecule has 0 radical (unpaired) electrons. The van der Waals surface area contributed by atoms with E-state index in [1.807, 2.05) is 0 Å². The van der Waals surface area contributed by atoms with E-state index in [4.69, 9.17) is 9.47 Å². The number of carbonyl (C=O) groups excluding carboxylic acids is 1. The van der Waals surface area contributed by atoms with Crippen molar-refractivity contribution >= 4 is 15.9 Å². The largest absolute Gasteiger partial charge is 0.489 e. The highest BCUT2D eigenvalue weighted by atomic mass is 32.2. The molecule has 1 aromatic heterocycles. The van der Waals surface area contributed by atoms with Crippen molar-refractivity contribution in [2.24, 2.45) is 0 Å². The summed E-state index contributed by atoms with van der Waals surface area (Å²) in [6, 6.07) is 3.08. The van der Waals surface area contributed by atoms with E-state index in [0.717, 1.165) is 38.9 Å². The number of pyridine rings is 1. The molecule has 2 fully saturated rings. The fourth-order valence-corrected chi connectivity index (χ4v) is 4.68. The van der Waals surface area contributed by atoms with E-state index in [-0.39, 0.29) is 23.3 Å². The number of nitrogens with zero attached hydrogens (tertiary/aromatic N) is 2. The number of sulfone groups is 1. The van der Waals surface area contributed by atoms with E-state index in [1.54, 1.807) is 13.0 Å². The van der Waals surface area contributed by atoms with Gasteiger partial charge >= 0.3 is 12.3 Å². The third kappa shape index (κ3) is 7.21. The van der Waals surface area contributed by atoms with Crippen LogP contribution in [0.25, 0.3) is 0 Å². The molecule has 8 nitrogen and oxygen atoms in total. The van der Waals surface area contributed by atoms with Crippen molar-refractivity contribution in [3.63, 3.8) is 0 Å². The van der Waals surface area contributed by atoms with Gasteiger partial charge in [0.1, 0.15) is 5.75 Å². The van der Waals surface area contributed by atoms with Crippen LogP contribution in [0.1, 0.15) is 51.1 Å².